The van der Waals surface area contributed by atoms with E-state index in [0.29, 0.717) is 0 Å². The monoisotopic (exact) mass is 196 g/mol. The number of carbonyl (C=O) groups is 1. The Bertz CT molecular complexity index is 354. The highest BCUT2D eigenvalue weighted by Crippen LogP contribution is 2.19. The topological polar surface area (TPSA) is 64.4 Å². The van der Waals surface area contributed by atoms with Crippen LogP contribution in [0.1, 0.15) is 24.3 Å². The van der Waals surface area contributed by atoms with Gasteiger partial charge in [-0.1, -0.05) is 0 Å². The third-order valence-electron chi connectivity index (χ3n) is 1.72. The van der Waals surface area contributed by atoms with Gasteiger partial charge in [0, 0.05) is 11.5 Å². The number of hydrogen-bond acceptors (Lipinski definition) is 4. The van der Waals surface area contributed by atoms with Gasteiger partial charge in [-0.05, 0) is 13.8 Å². The van der Waals surface area contributed by atoms with Crippen LogP contribution in [0.15, 0.2) is 6.07 Å². The second-order valence-corrected chi connectivity index (χ2v) is 3.96. The highest BCUT2D eigenvalue weighted by atomic mass is 16.5. The van der Waals surface area contributed by atoms with E-state index in [-0.39, 0.29) is 17.0 Å². The lowest BCUT2D eigenvalue weighted by Gasteiger charge is -2.19. The average molecular weight is 196 g/mol. The van der Waals surface area contributed by atoms with E-state index in [4.69, 9.17) is 0 Å². The van der Waals surface area contributed by atoms with Gasteiger partial charge in [-0.2, -0.15) is 5.10 Å². The standard InChI is InChI=1S/C8H13BN2O3/c1-8(2,9)11-6(12)4-5(10-11)7(13)14-3/h4,12H,9H2,1-3H3. The lowest BCUT2D eigenvalue weighted by molar-refractivity contribution is 0.0592. The van der Waals surface area contributed by atoms with Gasteiger partial charge in [0.05, 0.1) is 7.11 Å². The van der Waals surface area contributed by atoms with Crippen molar-refractivity contribution in [1.29, 1.82) is 0 Å². The summed E-state index contributed by atoms with van der Waals surface area (Å²) in [5, 5.41) is 13.4. The summed E-state index contributed by atoms with van der Waals surface area (Å²) in [6, 6.07) is 1.29. The van der Waals surface area contributed by atoms with Crippen molar-refractivity contribution in [3.05, 3.63) is 11.8 Å². The van der Waals surface area contributed by atoms with Gasteiger partial charge in [0.2, 0.25) is 5.88 Å². The molecule has 0 spiro atoms. The van der Waals surface area contributed by atoms with E-state index >= 15 is 0 Å². The molecule has 14 heavy (non-hydrogen) atoms. The number of carbonyl (C=O) groups excluding carboxylic acids is 1. The van der Waals surface area contributed by atoms with Crippen LogP contribution in [0, 0.1) is 0 Å². The molecule has 0 aliphatic rings. The molecular weight excluding hydrogens is 183 g/mol. The minimum atomic E-state index is -0.552. The molecule has 76 valence electrons. The lowest BCUT2D eigenvalue weighted by atomic mass is 9.82. The molecule has 0 unspecified atom stereocenters. The van der Waals surface area contributed by atoms with Crippen molar-refractivity contribution in [3.8, 4) is 5.88 Å². The highest BCUT2D eigenvalue weighted by molar-refractivity contribution is 6.13. The fraction of sp³-hybridized carbons (Fsp3) is 0.500. The number of methoxy groups -OCH3 is 1. The van der Waals surface area contributed by atoms with Crippen LogP contribution in [-0.4, -0.2) is 35.8 Å². The van der Waals surface area contributed by atoms with Crippen molar-refractivity contribution in [2.75, 3.05) is 7.11 Å². The molecule has 1 rings (SSSR count). The fourth-order valence-electron chi connectivity index (χ4n) is 1.07. The van der Waals surface area contributed by atoms with Crippen molar-refractivity contribution >= 4 is 13.8 Å². The average Bonchev–Trinajstić information content (AvgIpc) is 2.45. The van der Waals surface area contributed by atoms with Crippen molar-refractivity contribution < 1.29 is 14.6 Å². The first-order valence-electron chi connectivity index (χ1n) is 4.24. The summed E-state index contributed by atoms with van der Waals surface area (Å²) in [6.07, 6.45) is 0. The molecule has 0 saturated heterocycles. The largest absolute Gasteiger partial charge is 0.493 e. The van der Waals surface area contributed by atoms with E-state index in [0.717, 1.165) is 0 Å². The van der Waals surface area contributed by atoms with Gasteiger partial charge in [0.15, 0.2) is 5.69 Å². The van der Waals surface area contributed by atoms with Crippen molar-refractivity contribution in [1.82, 2.24) is 9.78 Å². The molecule has 0 radical (unpaired) electrons. The molecule has 0 aliphatic heterocycles. The van der Waals surface area contributed by atoms with Crippen LogP contribution < -0.4 is 0 Å². The number of rotatable bonds is 2. The zero-order chi connectivity index (χ0) is 10.9. The van der Waals surface area contributed by atoms with Gasteiger partial charge >= 0.3 is 5.97 Å². The molecule has 0 amide bonds. The summed E-state index contributed by atoms with van der Waals surface area (Å²) in [6.45, 7) is 3.75. The first-order chi connectivity index (χ1) is 6.36. The summed E-state index contributed by atoms with van der Waals surface area (Å²) < 4.78 is 5.87. The SMILES string of the molecule is BC(C)(C)n1nc(C(=O)OC)cc1O. The van der Waals surface area contributed by atoms with Crippen LogP contribution >= 0.6 is 0 Å². The number of ether oxygens (including phenoxy) is 1. The van der Waals surface area contributed by atoms with Crippen LogP contribution in [0.4, 0.5) is 0 Å². The lowest BCUT2D eigenvalue weighted by Crippen LogP contribution is -2.27. The number of esters is 1. The predicted molar refractivity (Wildman–Crippen MR) is 53.1 cm³/mol. The van der Waals surface area contributed by atoms with Gasteiger partial charge in [-0.15, -0.1) is 0 Å². The van der Waals surface area contributed by atoms with Gasteiger partial charge in [0.1, 0.15) is 7.85 Å². The minimum Gasteiger partial charge on any atom is -0.493 e. The molecule has 0 bridgehead atoms. The number of hydrogen-bond donors (Lipinski definition) is 1. The summed E-state index contributed by atoms with van der Waals surface area (Å²) in [5.41, 5.74) is -0.254. The molecule has 1 aromatic rings. The smallest absolute Gasteiger partial charge is 0.358 e. The van der Waals surface area contributed by atoms with Gasteiger partial charge in [0.25, 0.3) is 0 Å². The maximum absolute atomic E-state index is 11.1. The highest BCUT2D eigenvalue weighted by Gasteiger charge is 2.21. The second kappa shape index (κ2) is 3.36. The normalized spacial score (nSPS) is 11.4. The summed E-state index contributed by atoms with van der Waals surface area (Å²) in [7, 11) is 3.15. The molecule has 6 heteroatoms. The van der Waals surface area contributed by atoms with E-state index in [1.165, 1.54) is 17.9 Å². The third kappa shape index (κ3) is 1.89. The van der Waals surface area contributed by atoms with Crippen molar-refractivity contribution in [2.45, 2.75) is 19.3 Å². The van der Waals surface area contributed by atoms with Crippen molar-refractivity contribution in [2.24, 2.45) is 0 Å². The van der Waals surface area contributed by atoms with E-state index in [1.54, 1.807) is 0 Å². The second-order valence-electron chi connectivity index (χ2n) is 3.96. The molecule has 5 nitrogen and oxygen atoms in total. The predicted octanol–water partition coefficient (Wildman–Crippen LogP) is -0.299. The zero-order valence-electron chi connectivity index (χ0n) is 8.74. The Labute approximate surface area is 83.1 Å². The Morgan fingerprint density at radius 3 is 2.64 bits per heavy atom. The van der Waals surface area contributed by atoms with Crippen LogP contribution in [0.5, 0.6) is 5.88 Å². The number of nitrogens with zero attached hydrogens (tertiary/aromatic N) is 2. The van der Waals surface area contributed by atoms with Gasteiger partial charge in [-0.3, -0.25) is 0 Å². The summed E-state index contributed by atoms with van der Waals surface area (Å²) in [5.74, 6) is -0.596. The zero-order valence-corrected chi connectivity index (χ0v) is 8.74. The van der Waals surface area contributed by atoms with Crippen LogP contribution in [-0.2, 0) is 10.2 Å². The Kier molecular flexibility index (Phi) is 2.55. The van der Waals surface area contributed by atoms with Gasteiger partial charge < -0.3 is 9.84 Å². The first kappa shape index (κ1) is 10.6. The maximum atomic E-state index is 11.1. The number of aromatic hydroxyl groups is 1. The molecule has 0 atom stereocenters. The molecule has 0 aliphatic carbocycles. The maximum Gasteiger partial charge on any atom is 0.358 e. The molecule has 0 aromatic carbocycles. The van der Waals surface area contributed by atoms with E-state index in [1.807, 2.05) is 21.7 Å². The molecule has 1 N–H and O–H groups in total. The van der Waals surface area contributed by atoms with Crippen LogP contribution in [0.25, 0.3) is 0 Å². The minimum absolute atomic E-state index is 0.0436. The van der Waals surface area contributed by atoms with Crippen LogP contribution in [0.2, 0.25) is 0 Å². The quantitative estimate of drug-likeness (QED) is 0.521. The Morgan fingerprint density at radius 1 is 1.71 bits per heavy atom. The number of aromatic nitrogens is 2. The van der Waals surface area contributed by atoms with Gasteiger partial charge in [-0.25, -0.2) is 9.48 Å². The van der Waals surface area contributed by atoms with E-state index in [9.17, 15) is 9.90 Å². The molecule has 1 heterocycles. The van der Waals surface area contributed by atoms with E-state index in [2.05, 4.69) is 9.84 Å². The first-order valence-corrected chi connectivity index (χ1v) is 4.24. The fourth-order valence-corrected chi connectivity index (χ4v) is 1.07. The third-order valence-corrected chi connectivity index (χ3v) is 1.72. The summed E-state index contributed by atoms with van der Waals surface area (Å²) in [4.78, 5) is 11.1. The Morgan fingerprint density at radius 2 is 2.29 bits per heavy atom. The summed E-state index contributed by atoms with van der Waals surface area (Å²) >= 11 is 0. The molecule has 0 saturated carbocycles. The molecular formula is C8H13BN2O3. The Hall–Kier alpha value is -1.46. The van der Waals surface area contributed by atoms with Crippen molar-refractivity contribution in [3.63, 3.8) is 0 Å². The Balaban J connectivity index is 3.12. The molecule has 1 aromatic heterocycles. The van der Waals surface area contributed by atoms with Crippen LogP contribution in [0.3, 0.4) is 0 Å². The molecule has 0 fully saturated rings. The van der Waals surface area contributed by atoms with E-state index < -0.39 is 5.97 Å².